The van der Waals surface area contributed by atoms with Gasteiger partial charge in [0.15, 0.2) is 0 Å². The van der Waals surface area contributed by atoms with Gasteiger partial charge >= 0.3 is 5.97 Å². The van der Waals surface area contributed by atoms with E-state index in [-0.39, 0.29) is 0 Å². The summed E-state index contributed by atoms with van der Waals surface area (Å²) in [4.78, 5) is 36.5. The second kappa shape index (κ2) is 6.55. The molecule has 0 aromatic heterocycles. The number of carbonyl (C=O) groups excluding carboxylic acids is 2. The molecule has 0 unspecified atom stereocenters. The highest BCUT2D eigenvalue weighted by atomic mass is 16.4. The van der Waals surface area contributed by atoms with Gasteiger partial charge in [-0.05, 0) is 24.3 Å². The van der Waals surface area contributed by atoms with E-state index < -0.39 is 30.9 Å². The monoisotopic (exact) mass is 279 g/mol. The summed E-state index contributed by atoms with van der Waals surface area (Å²) in [7, 11) is 3.72. The van der Waals surface area contributed by atoms with Crippen LogP contribution in [0.4, 0.5) is 5.69 Å². The zero-order valence-corrected chi connectivity index (χ0v) is 11.4. The van der Waals surface area contributed by atoms with Crippen molar-refractivity contribution < 1.29 is 19.5 Å². The fraction of sp³-hybridized carbons (Fsp3) is 0.308. The number of carbonyl (C=O) groups is 3. The normalized spacial score (nSPS) is 9.90. The first-order valence-corrected chi connectivity index (χ1v) is 5.88. The molecule has 0 atom stereocenters. The van der Waals surface area contributed by atoms with Crippen LogP contribution in [0, 0.1) is 0 Å². The molecule has 0 aliphatic carbocycles. The molecule has 1 aromatic rings. The number of aliphatic carboxylic acids is 1. The molecule has 0 heterocycles. The van der Waals surface area contributed by atoms with E-state index in [4.69, 9.17) is 10.8 Å². The van der Waals surface area contributed by atoms with Crippen molar-refractivity contribution in [3.05, 3.63) is 29.8 Å². The lowest BCUT2D eigenvalue weighted by molar-refractivity contribution is -0.138. The maximum Gasteiger partial charge on any atom is 0.323 e. The van der Waals surface area contributed by atoms with Crippen LogP contribution in [-0.4, -0.2) is 55.0 Å². The Bertz CT molecular complexity index is 495. The minimum absolute atomic E-state index is 0.304. The summed E-state index contributed by atoms with van der Waals surface area (Å²) in [5.41, 5.74) is 6.22. The van der Waals surface area contributed by atoms with Gasteiger partial charge in [-0.3, -0.25) is 14.4 Å². The molecule has 7 heteroatoms. The Morgan fingerprint density at radius 3 is 2.05 bits per heavy atom. The molecule has 1 rings (SSSR count). The molecule has 0 aliphatic heterocycles. The average Bonchev–Trinajstić information content (AvgIpc) is 2.36. The number of amides is 2. The van der Waals surface area contributed by atoms with Gasteiger partial charge in [-0.1, -0.05) is 0 Å². The SMILES string of the molecule is CN(C)c1ccc(C(=O)N(CC(N)=O)CC(=O)O)cc1. The Morgan fingerprint density at radius 2 is 1.65 bits per heavy atom. The quantitative estimate of drug-likeness (QED) is 0.748. The predicted molar refractivity (Wildman–Crippen MR) is 73.5 cm³/mol. The van der Waals surface area contributed by atoms with Crippen LogP contribution in [0.15, 0.2) is 24.3 Å². The summed E-state index contributed by atoms with van der Waals surface area (Å²) in [6, 6.07) is 6.62. The molecule has 3 N–H and O–H groups in total. The molecule has 20 heavy (non-hydrogen) atoms. The van der Waals surface area contributed by atoms with Gasteiger partial charge in [-0.2, -0.15) is 0 Å². The Kier molecular flexibility index (Phi) is 5.08. The molecule has 0 fully saturated rings. The van der Waals surface area contributed by atoms with Gasteiger partial charge in [0.25, 0.3) is 5.91 Å². The zero-order chi connectivity index (χ0) is 15.3. The van der Waals surface area contributed by atoms with E-state index in [1.807, 2.05) is 19.0 Å². The standard InChI is InChI=1S/C13H17N3O4/c1-15(2)10-5-3-9(4-6-10)13(20)16(7-11(14)17)8-12(18)19/h3-6H,7-8H2,1-2H3,(H2,14,17)(H,18,19). The number of rotatable bonds is 6. The van der Waals surface area contributed by atoms with Gasteiger partial charge in [0, 0.05) is 25.3 Å². The van der Waals surface area contributed by atoms with E-state index >= 15 is 0 Å². The lowest BCUT2D eigenvalue weighted by Gasteiger charge is -2.19. The van der Waals surface area contributed by atoms with Crippen LogP contribution >= 0.6 is 0 Å². The van der Waals surface area contributed by atoms with Crippen LogP contribution in [0.25, 0.3) is 0 Å². The van der Waals surface area contributed by atoms with Crippen molar-refractivity contribution in [3.8, 4) is 0 Å². The zero-order valence-electron chi connectivity index (χ0n) is 11.4. The number of carboxylic acid groups (broad SMARTS) is 1. The number of nitrogens with two attached hydrogens (primary N) is 1. The molecule has 1 aromatic carbocycles. The van der Waals surface area contributed by atoms with Crippen molar-refractivity contribution in [2.45, 2.75) is 0 Å². The Morgan fingerprint density at radius 1 is 1.10 bits per heavy atom. The van der Waals surface area contributed by atoms with Gasteiger partial charge in [0.1, 0.15) is 13.1 Å². The predicted octanol–water partition coefficient (Wildman–Crippen LogP) is -0.235. The largest absolute Gasteiger partial charge is 0.480 e. The van der Waals surface area contributed by atoms with Crippen molar-refractivity contribution in [1.29, 1.82) is 0 Å². The first kappa shape index (κ1) is 15.5. The number of hydrogen-bond donors (Lipinski definition) is 2. The van der Waals surface area contributed by atoms with Gasteiger partial charge in [0.05, 0.1) is 0 Å². The second-order valence-electron chi connectivity index (χ2n) is 4.46. The average molecular weight is 279 g/mol. The Labute approximate surface area is 116 Å². The fourth-order valence-corrected chi connectivity index (χ4v) is 1.64. The minimum Gasteiger partial charge on any atom is -0.480 e. The number of anilines is 1. The van der Waals surface area contributed by atoms with E-state index in [2.05, 4.69) is 0 Å². The van der Waals surface area contributed by atoms with Crippen molar-refractivity contribution in [3.63, 3.8) is 0 Å². The van der Waals surface area contributed by atoms with Gasteiger partial charge < -0.3 is 20.6 Å². The molecule has 2 amide bonds. The molecule has 7 nitrogen and oxygen atoms in total. The summed E-state index contributed by atoms with van der Waals surface area (Å²) in [6.45, 7) is -1.00. The summed E-state index contributed by atoms with van der Waals surface area (Å²) >= 11 is 0. The highest BCUT2D eigenvalue weighted by molar-refractivity contribution is 5.98. The van der Waals surface area contributed by atoms with E-state index in [9.17, 15) is 14.4 Å². The van der Waals surface area contributed by atoms with Crippen LogP contribution in [-0.2, 0) is 9.59 Å². The molecule has 108 valence electrons. The lowest BCUT2D eigenvalue weighted by Crippen LogP contribution is -2.41. The highest BCUT2D eigenvalue weighted by Gasteiger charge is 2.20. The molecule has 0 saturated carbocycles. The molecule has 0 aliphatic rings. The van der Waals surface area contributed by atoms with Crippen molar-refractivity contribution in [2.24, 2.45) is 5.73 Å². The third-order valence-electron chi connectivity index (χ3n) is 2.59. The van der Waals surface area contributed by atoms with Crippen LogP contribution < -0.4 is 10.6 Å². The van der Waals surface area contributed by atoms with Crippen LogP contribution in [0.3, 0.4) is 0 Å². The van der Waals surface area contributed by atoms with Crippen LogP contribution in [0.1, 0.15) is 10.4 Å². The first-order valence-electron chi connectivity index (χ1n) is 5.88. The summed E-state index contributed by atoms with van der Waals surface area (Å²) in [6.07, 6.45) is 0. The maximum absolute atomic E-state index is 12.1. The van der Waals surface area contributed by atoms with Gasteiger partial charge in [-0.25, -0.2) is 0 Å². The van der Waals surface area contributed by atoms with E-state index in [0.29, 0.717) is 5.56 Å². The maximum atomic E-state index is 12.1. The number of benzene rings is 1. The summed E-state index contributed by atoms with van der Waals surface area (Å²) < 4.78 is 0. The van der Waals surface area contributed by atoms with E-state index in [1.165, 1.54) is 0 Å². The molecular weight excluding hydrogens is 262 g/mol. The molecular formula is C13H17N3O4. The third kappa shape index (κ3) is 4.27. The van der Waals surface area contributed by atoms with E-state index in [1.54, 1.807) is 24.3 Å². The van der Waals surface area contributed by atoms with Crippen molar-refractivity contribution in [1.82, 2.24) is 4.90 Å². The summed E-state index contributed by atoms with van der Waals surface area (Å²) in [5, 5.41) is 8.76. The van der Waals surface area contributed by atoms with Crippen LogP contribution in [0.2, 0.25) is 0 Å². The van der Waals surface area contributed by atoms with Crippen molar-refractivity contribution in [2.75, 3.05) is 32.1 Å². The fourth-order valence-electron chi connectivity index (χ4n) is 1.64. The number of carboxylic acids is 1. The van der Waals surface area contributed by atoms with Crippen molar-refractivity contribution >= 4 is 23.5 Å². The molecule has 0 saturated heterocycles. The third-order valence-corrected chi connectivity index (χ3v) is 2.59. The Balaban J connectivity index is 2.93. The highest BCUT2D eigenvalue weighted by Crippen LogP contribution is 2.13. The smallest absolute Gasteiger partial charge is 0.323 e. The molecule has 0 radical (unpaired) electrons. The topological polar surface area (TPSA) is 104 Å². The molecule has 0 spiro atoms. The number of nitrogens with zero attached hydrogens (tertiary/aromatic N) is 2. The van der Waals surface area contributed by atoms with Gasteiger partial charge in [0.2, 0.25) is 5.91 Å². The second-order valence-corrected chi connectivity index (χ2v) is 4.46. The lowest BCUT2D eigenvalue weighted by atomic mass is 10.1. The van der Waals surface area contributed by atoms with E-state index in [0.717, 1.165) is 10.6 Å². The van der Waals surface area contributed by atoms with Crippen LogP contribution in [0.5, 0.6) is 0 Å². The summed E-state index contributed by atoms with van der Waals surface area (Å²) in [5.74, 6) is -2.51. The minimum atomic E-state index is -1.20. The Hall–Kier alpha value is -2.57. The number of primary amides is 1. The number of hydrogen-bond acceptors (Lipinski definition) is 4. The first-order chi connectivity index (χ1) is 9.31. The van der Waals surface area contributed by atoms with Gasteiger partial charge in [-0.15, -0.1) is 0 Å². The molecule has 0 bridgehead atoms.